The minimum absolute atomic E-state index is 0.120. The molecule has 0 saturated carbocycles. The summed E-state index contributed by atoms with van der Waals surface area (Å²) in [5, 5.41) is 15.6. The van der Waals surface area contributed by atoms with Crippen molar-refractivity contribution in [3.8, 4) is 0 Å². The second kappa shape index (κ2) is 7.88. The summed E-state index contributed by atoms with van der Waals surface area (Å²) >= 11 is 1.44. The van der Waals surface area contributed by atoms with Gasteiger partial charge in [-0.1, -0.05) is 23.5 Å². The van der Waals surface area contributed by atoms with E-state index < -0.39 is 4.92 Å². The SMILES string of the molecule is Cc1cccc2sc(Nc3ncnc(N(C)C4CCN(C)CC4)c3[N+](=O)[O-])nc12. The number of aromatic nitrogens is 3. The molecule has 1 aliphatic rings. The molecule has 4 rings (SSSR count). The topological polar surface area (TPSA) is 100 Å². The first kappa shape index (κ1) is 19.5. The van der Waals surface area contributed by atoms with Gasteiger partial charge in [-0.3, -0.25) is 10.1 Å². The maximum Gasteiger partial charge on any atom is 0.353 e. The molecule has 1 fully saturated rings. The molecule has 0 unspecified atom stereocenters. The number of para-hydroxylation sites is 1. The molecule has 1 aromatic carbocycles. The van der Waals surface area contributed by atoms with Crippen LogP contribution in [0.4, 0.5) is 22.5 Å². The summed E-state index contributed by atoms with van der Waals surface area (Å²) in [6.07, 6.45) is 3.25. The van der Waals surface area contributed by atoms with E-state index in [0.717, 1.165) is 41.7 Å². The van der Waals surface area contributed by atoms with Gasteiger partial charge in [-0.05, 0) is 51.5 Å². The molecule has 0 atom stereocenters. The molecule has 2 aromatic heterocycles. The number of nitro groups is 1. The van der Waals surface area contributed by atoms with Crippen molar-refractivity contribution in [1.82, 2.24) is 19.9 Å². The number of hydrogen-bond donors (Lipinski definition) is 1. The number of benzene rings is 1. The second-order valence-corrected chi connectivity index (χ2v) is 8.39. The smallest absolute Gasteiger partial charge is 0.351 e. The molecule has 1 saturated heterocycles. The molecule has 3 heterocycles. The molecular weight excluding hydrogens is 390 g/mol. The van der Waals surface area contributed by atoms with Crippen LogP contribution in [0.15, 0.2) is 24.5 Å². The molecule has 1 N–H and O–H groups in total. The first-order valence-electron chi connectivity index (χ1n) is 9.48. The Hall–Kier alpha value is -2.85. The summed E-state index contributed by atoms with van der Waals surface area (Å²) < 4.78 is 1.02. The van der Waals surface area contributed by atoms with E-state index in [1.54, 1.807) is 0 Å². The number of aryl methyl sites for hydroxylation is 1. The largest absolute Gasteiger partial charge is 0.353 e. The Morgan fingerprint density at radius 1 is 1.31 bits per heavy atom. The van der Waals surface area contributed by atoms with Crippen LogP contribution in [0.1, 0.15) is 18.4 Å². The maximum absolute atomic E-state index is 11.9. The molecule has 10 heteroatoms. The van der Waals surface area contributed by atoms with Crippen molar-refractivity contribution in [1.29, 1.82) is 0 Å². The predicted octanol–water partition coefficient (Wildman–Crippen LogP) is 3.58. The van der Waals surface area contributed by atoms with Gasteiger partial charge < -0.3 is 15.1 Å². The van der Waals surface area contributed by atoms with Gasteiger partial charge in [-0.2, -0.15) is 0 Å². The van der Waals surface area contributed by atoms with Crippen molar-refractivity contribution in [3.63, 3.8) is 0 Å². The lowest BCUT2D eigenvalue weighted by molar-refractivity contribution is -0.383. The number of fused-ring (bicyclic) bond motifs is 1. The Bertz CT molecular complexity index is 1050. The fourth-order valence-corrected chi connectivity index (χ4v) is 4.63. The molecule has 0 aliphatic carbocycles. The molecule has 0 spiro atoms. The number of nitrogens with one attached hydrogen (secondary N) is 1. The third-order valence-corrected chi connectivity index (χ3v) is 6.34. The number of hydrogen-bond acceptors (Lipinski definition) is 9. The van der Waals surface area contributed by atoms with Crippen LogP contribution in [-0.2, 0) is 0 Å². The summed E-state index contributed by atoms with van der Waals surface area (Å²) in [4.78, 5) is 28.7. The van der Waals surface area contributed by atoms with Crippen LogP contribution in [0, 0.1) is 17.0 Å². The van der Waals surface area contributed by atoms with E-state index in [1.165, 1.54) is 17.7 Å². The van der Waals surface area contributed by atoms with E-state index in [1.807, 2.05) is 37.1 Å². The van der Waals surface area contributed by atoms with E-state index in [4.69, 9.17) is 0 Å². The summed E-state index contributed by atoms with van der Waals surface area (Å²) in [6, 6.07) is 6.16. The number of likely N-dealkylation sites (tertiary alicyclic amines) is 1. The van der Waals surface area contributed by atoms with Crippen LogP contribution >= 0.6 is 11.3 Å². The lowest BCUT2D eigenvalue weighted by Gasteiger charge is -2.35. The fourth-order valence-electron chi connectivity index (χ4n) is 3.68. The third-order valence-electron chi connectivity index (χ3n) is 5.40. The number of rotatable bonds is 5. The van der Waals surface area contributed by atoms with Crippen LogP contribution in [0.3, 0.4) is 0 Å². The Morgan fingerprint density at radius 3 is 2.76 bits per heavy atom. The molecule has 152 valence electrons. The molecular formula is C19H23N7O2S. The van der Waals surface area contributed by atoms with E-state index in [9.17, 15) is 10.1 Å². The van der Waals surface area contributed by atoms with Crippen LogP contribution in [0.2, 0.25) is 0 Å². The molecule has 9 nitrogen and oxygen atoms in total. The molecule has 1 aliphatic heterocycles. The summed E-state index contributed by atoms with van der Waals surface area (Å²) in [6.45, 7) is 3.92. The molecule has 29 heavy (non-hydrogen) atoms. The Morgan fingerprint density at radius 2 is 2.07 bits per heavy atom. The highest BCUT2D eigenvalue weighted by atomic mass is 32.1. The maximum atomic E-state index is 11.9. The summed E-state index contributed by atoms with van der Waals surface area (Å²) in [5.74, 6) is 0.496. The van der Waals surface area contributed by atoms with Gasteiger partial charge in [0.2, 0.25) is 11.6 Å². The molecule has 0 amide bonds. The number of nitrogens with zero attached hydrogens (tertiary/aromatic N) is 6. The zero-order valence-electron chi connectivity index (χ0n) is 16.6. The van der Waals surface area contributed by atoms with Crippen molar-refractivity contribution in [3.05, 3.63) is 40.2 Å². The number of thiazole rings is 1. The highest BCUT2D eigenvalue weighted by Gasteiger charge is 2.30. The van der Waals surface area contributed by atoms with E-state index in [-0.39, 0.29) is 17.5 Å². The standard InChI is InChI=1S/C19H23N7O2S/c1-12-5-4-6-14-15(12)22-19(29-14)23-17-16(26(27)28)18(21-11-20-17)25(3)13-7-9-24(2)10-8-13/h4-6,11,13H,7-10H2,1-3H3,(H,20,21,22,23). The van der Waals surface area contributed by atoms with Crippen molar-refractivity contribution >= 4 is 44.0 Å². The van der Waals surface area contributed by atoms with Crippen LogP contribution < -0.4 is 10.2 Å². The van der Waals surface area contributed by atoms with Crippen LogP contribution in [-0.4, -0.2) is 58.0 Å². The van der Waals surface area contributed by atoms with Gasteiger partial charge in [-0.25, -0.2) is 15.0 Å². The summed E-state index contributed by atoms with van der Waals surface area (Å²) in [7, 11) is 3.96. The molecule has 3 aromatic rings. The van der Waals surface area contributed by atoms with Crippen LogP contribution in [0.5, 0.6) is 0 Å². The first-order chi connectivity index (χ1) is 13.9. The van der Waals surface area contributed by atoms with Crippen molar-refractivity contribution in [2.24, 2.45) is 0 Å². The highest BCUT2D eigenvalue weighted by molar-refractivity contribution is 7.22. The van der Waals surface area contributed by atoms with Gasteiger partial charge in [0.25, 0.3) is 0 Å². The summed E-state index contributed by atoms with van der Waals surface area (Å²) in [5.41, 5.74) is 1.83. The van der Waals surface area contributed by atoms with E-state index in [0.29, 0.717) is 10.9 Å². The quantitative estimate of drug-likeness (QED) is 0.500. The minimum atomic E-state index is -0.415. The van der Waals surface area contributed by atoms with Gasteiger partial charge in [0, 0.05) is 13.1 Å². The van der Waals surface area contributed by atoms with Gasteiger partial charge in [0.05, 0.1) is 15.1 Å². The Kier molecular flexibility index (Phi) is 5.29. The van der Waals surface area contributed by atoms with Gasteiger partial charge in [-0.15, -0.1) is 0 Å². The fraction of sp³-hybridized carbons (Fsp3) is 0.421. The lowest BCUT2D eigenvalue weighted by atomic mass is 10.0. The average molecular weight is 414 g/mol. The monoisotopic (exact) mass is 413 g/mol. The number of piperidine rings is 1. The van der Waals surface area contributed by atoms with Crippen molar-refractivity contribution in [2.45, 2.75) is 25.8 Å². The number of anilines is 3. The Balaban J connectivity index is 1.67. The van der Waals surface area contributed by atoms with Crippen LogP contribution in [0.25, 0.3) is 10.2 Å². The molecule has 0 radical (unpaired) electrons. The normalized spacial score (nSPS) is 15.6. The lowest BCUT2D eigenvalue weighted by Crippen LogP contribution is -2.42. The van der Waals surface area contributed by atoms with Crippen molar-refractivity contribution < 1.29 is 4.92 Å². The third kappa shape index (κ3) is 3.85. The Labute approximate surface area is 172 Å². The molecule has 0 bridgehead atoms. The zero-order valence-corrected chi connectivity index (χ0v) is 17.4. The first-order valence-corrected chi connectivity index (χ1v) is 10.3. The van der Waals surface area contributed by atoms with Gasteiger partial charge >= 0.3 is 5.69 Å². The van der Waals surface area contributed by atoms with E-state index >= 15 is 0 Å². The predicted molar refractivity (Wildman–Crippen MR) is 115 cm³/mol. The highest BCUT2D eigenvalue weighted by Crippen LogP contribution is 2.37. The minimum Gasteiger partial charge on any atom is -0.351 e. The van der Waals surface area contributed by atoms with Gasteiger partial charge in [0.15, 0.2) is 5.13 Å². The van der Waals surface area contributed by atoms with Gasteiger partial charge in [0.1, 0.15) is 6.33 Å². The van der Waals surface area contributed by atoms with E-state index in [2.05, 4.69) is 32.2 Å². The van der Waals surface area contributed by atoms with Crippen molar-refractivity contribution in [2.75, 3.05) is 37.4 Å². The average Bonchev–Trinajstić information content (AvgIpc) is 3.11. The zero-order chi connectivity index (χ0) is 20.5. The second-order valence-electron chi connectivity index (χ2n) is 7.36.